The largest absolute Gasteiger partial charge is 0.299 e. The van der Waals surface area contributed by atoms with Gasteiger partial charge in [0.05, 0.1) is 4.92 Å². The van der Waals surface area contributed by atoms with Crippen molar-refractivity contribution in [2.75, 3.05) is 13.1 Å². The molecule has 29 heavy (non-hydrogen) atoms. The summed E-state index contributed by atoms with van der Waals surface area (Å²) in [7, 11) is 0. The van der Waals surface area contributed by atoms with Crippen LogP contribution in [0.15, 0.2) is 48.5 Å². The first-order valence-corrected chi connectivity index (χ1v) is 10.7. The molecule has 0 amide bonds. The van der Waals surface area contributed by atoms with Crippen LogP contribution in [-0.2, 0) is 18.3 Å². The normalized spacial score (nSPS) is 28.0. The van der Waals surface area contributed by atoms with Crippen molar-refractivity contribution >= 4 is 18.1 Å². The van der Waals surface area contributed by atoms with E-state index in [9.17, 15) is 10.1 Å². The van der Waals surface area contributed by atoms with Gasteiger partial charge >= 0.3 is 0 Å². The van der Waals surface area contributed by atoms with Crippen molar-refractivity contribution in [2.45, 2.75) is 56.4 Å². The van der Waals surface area contributed by atoms with Crippen LogP contribution < -0.4 is 0 Å². The van der Waals surface area contributed by atoms with E-state index in [2.05, 4.69) is 29.2 Å². The summed E-state index contributed by atoms with van der Waals surface area (Å²) in [4.78, 5) is 13.3. The van der Waals surface area contributed by atoms with Gasteiger partial charge < -0.3 is 0 Å². The predicted octanol–water partition coefficient (Wildman–Crippen LogP) is 5.32. The average Bonchev–Trinajstić information content (AvgIpc) is 2.73. The number of piperidine rings is 1. The van der Waals surface area contributed by atoms with Crippen molar-refractivity contribution in [3.05, 3.63) is 75.3 Å². The Morgan fingerprint density at radius 2 is 1.86 bits per heavy atom. The van der Waals surface area contributed by atoms with E-state index >= 15 is 0 Å². The topological polar surface area (TPSA) is 46.4 Å². The van der Waals surface area contributed by atoms with Gasteiger partial charge in [0.1, 0.15) is 0 Å². The van der Waals surface area contributed by atoms with Crippen LogP contribution in [0.25, 0.3) is 0 Å². The van der Waals surface area contributed by atoms with Gasteiger partial charge in [-0.3, -0.25) is 15.0 Å². The molecule has 3 atom stereocenters. The lowest BCUT2D eigenvalue weighted by Crippen LogP contribution is -2.61. The Bertz CT molecular complexity index is 885. The van der Waals surface area contributed by atoms with Crippen LogP contribution in [0.2, 0.25) is 0 Å². The van der Waals surface area contributed by atoms with E-state index in [1.165, 1.54) is 50.6 Å². The molecule has 4 nitrogen and oxygen atoms in total. The van der Waals surface area contributed by atoms with E-state index in [-0.39, 0.29) is 23.0 Å². The summed E-state index contributed by atoms with van der Waals surface area (Å²) < 4.78 is 0. The van der Waals surface area contributed by atoms with Crippen LogP contribution >= 0.6 is 12.4 Å². The van der Waals surface area contributed by atoms with E-state index in [1.54, 1.807) is 23.3 Å². The zero-order chi connectivity index (χ0) is 19.1. The minimum absolute atomic E-state index is 0. The zero-order valence-corrected chi connectivity index (χ0v) is 17.6. The lowest BCUT2D eigenvalue weighted by Gasteiger charge is -2.59. The molecule has 1 saturated carbocycles. The number of nitrogens with zero attached hydrogens (tertiary/aromatic N) is 2. The molecule has 2 aromatic carbocycles. The minimum atomic E-state index is -0.323. The number of non-ortho nitro benzene ring substituents is 1. The van der Waals surface area contributed by atoms with Crippen LogP contribution in [0.3, 0.4) is 0 Å². The molecule has 2 aliphatic carbocycles. The van der Waals surface area contributed by atoms with Crippen LogP contribution in [0.4, 0.5) is 5.69 Å². The van der Waals surface area contributed by atoms with Crippen LogP contribution in [0.1, 0.15) is 48.8 Å². The summed E-state index contributed by atoms with van der Waals surface area (Å²) in [6.45, 7) is 2.24. The highest BCUT2D eigenvalue weighted by molar-refractivity contribution is 5.85. The molecule has 154 valence electrons. The third-order valence-electron chi connectivity index (χ3n) is 7.69. The maximum atomic E-state index is 10.9. The fourth-order valence-corrected chi connectivity index (χ4v) is 6.39. The fraction of sp³-hybridized carbons (Fsp3) is 0.500. The number of nitro groups is 1. The first-order valence-electron chi connectivity index (χ1n) is 10.7. The second-order valence-electron chi connectivity index (χ2n) is 8.90. The van der Waals surface area contributed by atoms with Crippen molar-refractivity contribution in [1.29, 1.82) is 0 Å². The second kappa shape index (κ2) is 8.08. The molecule has 1 heterocycles. The third-order valence-corrected chi connectivity index (χ3v) is 7.69. The van der Waals surface area contributed by atoms with Gasteiger partial charge in [-0.1, -0.05) is 49.2 Å². The standard InChI is InChI=1S/C24H28N2O2.ClH/c27-26(28)20-10-8-18(9-11-20)12-15-25-16-14-24-13-4-3-7-22(24)23(25)17-19-5-1-2-6-21(19)24;/h1-2,5-6,8-11,22-23H,3-4,7,12-17H2;1H/t22-,23+,24-;/m0./s1. The van der Waals surface area contributed by atoms with Crippen molar-refractivity contribution in [1.82, 2.24) is 4.90 Å². The molecule has 2 aromatic rings. The molecule has 3 aliphatic rings. The maximum absolute atomic E-state index is 10.9. The highest BCUT2D eigenvalue weighted by atomic mass is 35.5. The number of hydrogen-bond acceptors (Lipinski definition) is 3. The van der Waals surface area contributed by atoms with Crippen LogP contribution in [-0.4, -0.2) is 29.0 Å². The van der Waals surface area contributed by atoms with Crippen molar-refractivity contribution in [2.24, 2.45) is 5.92 Å². The molecule has 0 spiro atoms. The molecular weight excluding hydrogens is 384 g/mol. The highest BCUT2D eigenvalue weighted by Gasteiger charge is 2.53. The van der Waals surface area contributed by atoms with Gasteiger partial charge in [0.15, 0.2) is 0 Å². The Labute approximate surface area is 178 Å². The van der Waals surface area contributed by atoms with Gasteiger partial charge in [0.2, 0.25) is 0 Å². The lowest BCUT2D eigenvalue weighted by atomic mass is 9.52. The summed E-state index contributed by atoms with van der Waals surface area (Å²) in [5, 5.41) is 10.9. The van der Waals surface area contributed by atoms with Gasteiger partial charge in [-0.25, -0.2) is 0 Å². The predicted molar refractivity (Wildman–Crippen MR) is 118 cm³/mol. The summed E-state index contributed by atoms with van der Waals surface area (Å²) >= 11 is 0. The number of benzene rings is 2. The molecule has 0 radical (unpaired) electrons. The van der Waals surface area contributed by atoms with E-state index in [0.29, 0.717) is 11.5 Å². The number of halogens is 1. The molecule has 0 N–H and O–H groups in total. The average molecular weight is 413 g/mol. The molecule has 1 saturated heterocycles. The molecule has 2 fully saturated rings. The zero-order valence-electron chi connectivity index (χ0n) is 16.8. The Morgan fingerprint density at radius 3 is 2.66 bits per heavy atom. The molecular formula is C24H29ClN2O2. The molecule has 2 bridgehead atoms. The van der Waals surface area contributed by atoms with E-state index in [1.807, 2.05) is 12.1 Å². The van der Waals surface area contributed by atoms with Gasteiger partial charge in [-0.05, 0) is 61.3 Å². The summed E-state index contributed by atoms with van der Waals surface area (Å²) in [6.07, 6.45) is 8.92. The van der Waals surface area contributed by atoms with E-state index < -0.39 is 0 Å². The quantitative estimate of drug-likeness (QED) is 0.504. The monoisotopic (exact) mass is 412 g/mol. The number of likely N-dealkylation sites (tertiary alicyclic amines) is 1. The van der Waals surface area contributed by atoms with Gasteiger partial charge in [0, 0.05) is 30.1 Å². The Hall–Kier alpha value is -1.91. The summed E-state index contributed by atoms with van der Waals surface area (Å²) in [5.41, 5.74) is 5.03. The van der Waals surface area contributed by atoms with Crippen molar-refractivity contribution < 1.29 is 4.92 Å². The van der Waals surface area contributed by atoms with E-state index in [0.717, 1.165) is 18.9 Å². The highest BCUT2D eigenvalue weighted by Crippen LogP contribution is 2.55. The number of nitro benzene ring substituents is 1. The fourth-order valence-electron chi connectivity index (χ4n) is 6.39. The third kappa shape index (κ3) is 3.47. The van der Waals surface area contributed by atoms with Crippen molar-refractivity contribution in [3.63, 3.8) is 0 Å². The Balaban J connectivity index is 0.00000205. The summed E-state index contributed by atoms with van der Waals surface area (Å²) in [5.74, 6) is 0.793. The van der Waals surface area contributed by atoms with Crippen molar-refractivity contribution in [3.8, 4) is 0 Å². The van der Waals surface area contributed by atoms with E-state index in [4.69, 9.17) is 0 Å². The Kier molecular flexibility index (Phi) is 5.67. The molecule has 0 unspecified atom stereocenters. The van der Waals surface area contributed by atoms with Gasteiger partial charge in [-0.15, -0.1) is 12.4 Å². The summed E-state index contributed by atoms with van der Waals surface area (Å²) in [6, 6.07) is 17.0. The maximum Gasteiger partial charge on any atom is 0.269 e. The number of fused-ring (bicyclic) bond motifs is 1. The van der Waals surface area contributed by atoms with Gasteiger partial charge in [-0.2, -0.15) is 0 Å². The first-order chi connectivity index (χ1) is 13.7. The second-order valence-corrected chi connectivity index (χ2v) is 8.90. The molecule has 1 aliphatic heterocycles. The van der Waals surface area contributed by atoms with Crippen LogP contribution in [0, 0.1) is 16.0 Å². The first kappa shape index (κ1) is 20.4. The van der Waals surface area contributed by atoms with Gasteiger partial charge in [0.25, 0.3) is 5.69 Å². The Morgan fingerprint density at radius 1 is 1.07 bits per heavy atom. The SMILES string of the molecule is Cl.O=[N+]([O-])c1ccc(CCN2CC[C@]34CCCC[C@H]3[C@H]2Cc2ccccc24)cc1. The molecule has 0 aromatic heterocycles. The number of hydrogen-bond donors (Lipinski definition) is 0. The smallest absolute Gasteiger partial charge is 0.269 e. The van der Waals surface area contributed by atoms with Crippen LogP contribution in [0.5, 0.6) is 0 Å². The molecule has 5 heteroatoms. The number of rotatable bonds is 4. The molecule has 5 rings (SSSR count). The lowest BCUT2D eigenvalue weighted by molar-refractivity contribution is -0.384. The minimum Gasteiger partial charge on any atom is -0.299 e.